The van der Waals surface area contributed by atoms with E-state index in [0.29, 0.717) is 12.1 Å². The molecule has 0 heterocycles. The first-order valence-electron chi connectivity index (χ1n) is 7.86. The molecule has 0 bridgehead atoms. The largest absolute Gasteiger partial charge is 0.426 e. The number of alkyl halides is 6. The molecular weight excluding hydrogens is 446 g/mol. The average Bonchev–Trinajstić information content (AvgIpc) is 2.61. The quantitative estimate of drug-likeness (QED) is 0.386. The molecule has 2 aromatic carbocycles. The van der Waals surface area contributed by atoms with Gasteiger partial charge >= 0.3 is 12.4 Å². The number of benzene rings is 2. The van der Waals surface area contributed by atoms with Gasteiger partial charge in [-0.25, -0.2) is 0 Å². The third-order valence-corrected chi connectivity index (χ3v) is 4.23. The number of aliphatic hydroxyl groups is 1. The Bertz CT molecular complexity index is 962. The molecule has 30 heavy (non-hydrogen) atoms. The molecular formula is C17H11ClF6N2O4. The molecule has 1 unspecified atom stereocenters. The molecule has 6 nitrogen and oxygen atoms in total. The number of amides is 1. The van der Waals surface area contributed by atoms with Gasteiger partial charge in [0.25, 0.3) is 11.6 Å². The van der Waals surface area contributed by atoms with Gasteiger partial charge in [-0.3, -0.25) is 14.9 Å². The maximum atomic E-state index is 13.5. The lowest BCUT2D eigenvalue weighted by Gasteiger charge is -2.29. The van der Waals surface area contributed by atoms with Crippen LogP contribution in [0.1, 0.15) is 11.1 Å². The van der Waals surface area contributed by atoms with Crippen LogP contribution >= 0.6 is 11.6 Å². The predicted octanol–water partition coefficient (Wildman–Crippen LogP) is 4.74. The summed E-state index contributed by atoms with van der Waals surface area (Å²) in [7, 11) is 0. The fraction of sp³-hybridized carbons (Fsp3) is 0.235. The van der Waals surface area contributed by atoms with Gasteiger partial charge in [0.1, 0.15) is 5.56 Å². The first kappa shape index (κ1) is 23.4. The summed E-state index contributed by atoms with van der Waals surface area (Å²) in [5, 5.41) is 22.5. The molecule has 0 radical (unpaired) electrons. The summed E-state index contributed by atoms with van der Waals surface area (Å²) in [6.45, 7) is 0. The lowest BCUT2D eigenvalue weighted by atomic mass is 9.92. The van der Waals surface area contributed by atoms with E-state index in [0.717, 1.165) is 12.1 Å². The van der Waals surface area contributed by atoms with Crippen molar-refractivity contribution >= 4 is 28.9 Å². The highest BCUT2D eigenvalue weighted by atomic mass is 35.5. The highest BCUT2D eigenvalue weighted by Crippen LogP contribution is 2.39. The summed E-state index contributed by atoms with van der Waals surface area (Å²) in [6, 6.07) is 5.79. The molecule has 162 valence electrons. The summed E-state index contributed by atoms with van der Waals surface area (Å²) in [4.78, 5) is 21.6. The van der Waals surface area contributed by atoms with E-state index in [1.165, 1.54) is 12.1 Å². The highest BCUT2D eigenvalue weighted by molar-refractivity contribution is 6.30. The Morgan fingerprint density at radius 3 is 2.10 bits per heavy atom. The van der Waals surface area contributed by atoms with Crippen molar-refractivity contribution < 1.29 is 41.2 Å². The second kappa shape index (κ2) is 8.11. The standard InChI is InChI=1S/C17H11ClF6N2O4/c18-10-3-1-9(2-4-10)8-15(28,17(22,23)24)14(27)25-11-5-6-13(26(29)30)12(7-11)16(19,20)21/h1-7,28H,8H2,(H,25,27). The van der Waals surface area contributed by atoms with Crippen LogP contribution in [0.2, 0.25) is 5.02 Å². The lowest BCUT2D eigenvalue weighted by molar-refractivity contribution is -0.388. The van der Waals surface area contributed by atoms with Crippen molar-refractivity contribution in [2.75, 3.05) is 5.32 Å². The smallest absolute Gasteiger partial charge is 0.372 e. The number of nitro groups is 1. The molecule has 2 N–H and O–H groups in total. The maximum Gasteiger partial charge on any atom is 0.426 e. The summed E-state index contributed by atoms with van der Waals surface area (Å²) in [5.74, 6) is -2.06. The minimum Gasteiger partial charge on any atom is -0.372 e. The third kappa shape index (κ3) is 5.00. The van der Waals surface area contributed by atoms with Gasteiger partial charge < -0.3 is 10.4 Å². The van der Waals surface area contributed by atoms with Crippen LogP contribution < -0.4 is 5.32 Å². The van der Waals surface area contributed by atoms with Crippen molar-refractivity contribution in [1.29, 1.82) is 0 Å². The second-order valence-electron chi connectivity index (χ2n) is 6.10. The van der Waals surface area contributed by atoms with Gasteiger partial charge in [0, 0.05) is 23.2 Å². The molecule has 0 aliphatic rings. The number of nitrogens with one attached hydrogen (secondary N) is 1. The van der Waals surface area contributed by atoms with Crippen LogP contribution in [-0.2, 0) is 17.4 Å². The Labute approximate surface area is 169 Å². The molecule has 0 fully saturated rings. The lowest BCUT2D eigenvalue weighted by Crippen LogP contribution is -2.56. The van der Waals surface area contributed by atoms with E-state index in [4.69, 9.17) is 11.6 Å². The Balaban J connectivity index is 2.40. The first-order chi connectivity index (χ1) is 13.6. The molecule has 0 aliphatic heterocycles. The van der Waals surface area contributed by atoms with Gasteiger partial charge in [0.05, 0.1) is 4.92 Å². The normalized spacial score (nSPS) is 14.1. The van der Waals surface area contributed by atoms with Gasteiger partial charge in [0.2, 0.25) is 5.60 Å². The minimum atomic E-state index is -5.50. The highest BCUT2D eigenvalue weighted by Gasteiger charge is 2.59. The van der Waals surface area contributed by atoms with Gasteiger partial charge in [-0.05, 0) is 29.8 Å². The fourth-order valence-corrected chi connectivity index (χ4v) is 2.57. The molecule has 0 spiro atoms. The number of rotatable bonds is 5. The molecule has 0 aromatic heterocycles. The molecule has 13 heteroatoms. The zero-order valence-electron chi connectivity index (χ0n) is 14.5. The van der Waals surface area contributed by atoms with Crippen LogP contribution in [0.15, 0.2) is 42.5 Å². The van der Waals surface area contributed by atoms with Crippen LogP contribution in [0.4, 0.5) is 37.7 Å². The van der Waals surface area contributed by atoms with E-state index in [1.54, 1.807) is 5.32 Å². The van der Waals surface area contributed by atoms with E-state index in [9.17, 15) is 46.4 Å². The number of nitro benzene ring substituents is 1. The minimum absolute atomic E-state index is 0.106. The van der Waals surface area contributed by atoms with E-state index in [1.807, 2.05) is 0 Å². The zero-order chi connectivity index (χ0) is 22.9. The van der Waals surface area contributed by atoms with Crippen molar-refractivity contribution in [2.24, 2.45) is 0 Å². The van der Waals surface area contributed by atoms with Gasteiger partial charge in [0.15, 0.2) is 0 Å². The Kier molecular flexibility index (Phi) is 6.33. The van der Waals surface area contributed by atoms with Crippen molar-refractivity contribution in [3.8, 4) is 0 Å². The molecule has 0 saturated heterocycles. The fourth-order valence-electron chi connectivity index (χ4n) is 2.44. The average molecular weight is 457 g/mol. The predicted molar refractivity (Wildman–Crippen MR) is 92.9 cm³/mol. The van der Waals surface area contributed by atoms with Crippen molar-refractivity contribution in [2.45, 2.75) is 24.4 Å². The SMILES string of the molecule is O=C(Nc1ccc([N+](=O)[O-])c(C(F)(F)F)c1)C(O)(Cc1ccc(Cl)cc1)C(F)(F)F. The van der Waals surface area contributed by atoms with E-state index < -0.39 is 52.1 Å². The number of hydrogen-bond donors (Lipinski definition) is 2. The molecule has 2 aromatic rings. The number of halogens is 7. The molecule has 2 rings (SSSR count). The summed E-state index contributed by atoms with van der Waals surface area (Å²) in [6.07, 6.45) is -12.0. The third-order valence-electron chi connectivity index (χ3n) is 3.97. The van der Waals surface area contributed by atoms with E-state index >= 15 is 0 Å². The van der Waals surface area contributed by atoms with Crippen LogP contribution in [0.5, 0.6) is 0 Å². The summed E-state index contributed by atoms with van der Waals surface area (Å²) in [5.41, 5.74) is -8.09. The second-order valence-corrected chi connectivity index (χ2v) is 6.54. The number of carbonyl (C=O) groups excluding carboxylic acids is 1. The molecule has 0 saturated carbocycles. The monoisotopic (exact) mass is 456 g/mol. The van der Waals surface area contributed by atoms with Crippen molar-refractivity contribution in [3.05, 3.63) is 68.7 Å². The van der Waals surface area contributed by atoms with Crippen molar-refractivity contribution in [1.82, 2.24) is 0 Å². The number of carbonyl (C=O) groups is 1. The van der Waals surface area contributed by atoms with Gasteiger partial charge in [-0.1, -0.05) is 23.7 Å². The molecule has 1 amide bonds. The van der Waals surface area contributed by atoms with E-state index in [2.05, 4.69) is 0 Å². The van der Waals surface area contributed by atoms with Crippen LogP contribution in [0, 0.1) is 10.1 Å². The van der Waals surface area contributed by atoms with Crippen LogP contribution in [0.3, 0.4) is 0 Å². The summed E-state index contributed by atoms with van der Waals surface area (Å²) < 4.78 is 79.4. The number of anilines is 1. The maximum absolute atomic E-state index is 13.5. The summed E-state index contributed by atoms with van der Waals surface area (Å²) >= 11 is 5.63. The Morgan fingerprint density at radius 2 is 1.63 bits per heavy atom. The topological polar surface area (TPSA) is 92.5 Å². The van der Waals surface area contributed by atoms with Crippen molar-refractivity contribution in [3.63, 3.8) is 0 Å². The van der Waals surface area contributed by atoms with Crippen LogP contribution in [-0.4, -0.2) is 27.7 Å². The number of hydrogen-bond acceptors (Lipinski definition) is 4. The first-order valence-corrected chi connectivity index (χ1v) is 8.23. The van der Waals surface area contributed by atoms with Crippen LogP contribution in [0.25, 0.3) is 0 Å². The van der Waals surface area contributed by atoms with E-state index in [-0.39, 0.29) is 16.7 Å². The van der Waals surface area contributed by atoms with Gasteiger partial charge in [-0.15, -0.1) is 0 Å². The zero-order valence-corrected chi connectivity index (χ0v) is 15.3. The Morgan fingerprint density at radius 1 is 1.07 bits per heavy atom. The number of nitrogens with zero attached hydrogens (tertiary/aromatic N) is 1. The van der Waals surface area contributed by atoms with Gasteiger partial charge in [-0.2, -0.15) is 26.3 Å². The molecule has 1 atom stereocenters. The molecule has 0 aliphatic carbocycles. The Hall–Kier alpha value is -2.86.